The van der Waals surface area contributed by atoms with Crippen LogP contribution in [0.15, 0.2) is 54.7 Å². The summed E-state index contributed by atoms with van der Waals surface area (Å²) in [4.78, 5) is 77.3. The van der Waals surface area contributed by atoms with Gasteiger partial charge in [0.05, 0.1) is 18.9 Å². The molecular formula is C28H33N7O8. The minimum atomic E-state index is -1.67. The summed E-state index contributed by atoms with van der Waals surface area (Å²) >= 11 is 0. The molecule has 15 nitrogen and oxygen atoms in total. The second kappa shape index (κ2) is 14.5. The Morgan fingerprint density at radius 3 is 1.93 bits per heavy atom. The van der Waals surface area contributed by atoms with Gasteiger partial charge in [-0.2, -0.15) is 0 Å². The van der Waals surface area contributed by atoms with Crippen LogP contribution in [0.2, 0.25) is 0 Å². The van der Waals surface area contributed by atoms with Gasteiger partial charge in [0.15, 0.2) is 0 Å². The van der Waals surface area contributed by atoms with E-state index in [1.54, 1.807) is 42.6 Å². The zero-order chi connectivity index (χ0) is 31.7. The largest absolute Gasteiger partial charge is 0.508 e. The third-order valence-electron chi connectivity index (χ3n) is 6.52. The van der Waals surface area contributed by atoms with E-state index in [-0.39, 0.29) is 18.6 Å². The lowest BCUT2D eigenvalue weighted by Crippen LogP contribution is -2.58. The molecule has 4 unspecified atom stereocenters. The number of primary amides is 2. The fourth-order valence-corrected chi connectivity index (χ4v) is 4.34. The second-order valence-corrected chi connectivity index (χ2v) is 9.90. The first kappa shape index (κ1) is 32.1. The number of para-hydroxylation sites is 1. The summed E-state index contributed by atoms with van der Waals surface area (Å²) in [6.07, 6.45) is 0.180. The Labute approximate surface area is 245 Å². The van der Waals surface area contributed by atoms with Crippen LogP contribution < -0.4 is 33.2 Å². The van der Waals surface area contributed by atoms with Crippen LogP contribution in [0.5, 0.6) is 5.75 Å². The number of fused-ring (bicyclic) bond motifs is 1. The Balaban J connectivity index is 1.82. The molecule has 0 aliphatic rings. The highest BCUT2D eigenvalue weighted by Gasteiger charge is 2.32. The lowest BCUT2D eigenvalue weighted by Gasteiger charge is -2.24. The van der Waals surface area contributed by atoms with Crippen LogP contribution in [0, 0.1) is 0 Å². The summed E-state index contributed by atoms with van der Waals surface area (Å²) in [5.41, 5.74) is 18.4. The molecular weight excluding hydrogens is 562 g/mol. The van der Waals surface area contributed by atoms with Crippen molar-refractivity contribution >= 4 is 46.4 Å². The third kappa shape index (κ3) is 9.29. The van der Waals surface area contributed by atoms with Crippen LogP contribution in [0.3, 0.4) is 0 Å². The molecule has 0 saturated heterocycles. The van der Waals surface area contributed by atoms with Crippen molar-refractivity contribution in [1.29, 1.82) is 0 Å². The number of H-pyrrole nitrogens is 1. The summed E-state index contributed by atoms with van der Waals surface area (Å²) in [5, 5.41) is 26.7. The van der Waals surface area contributed by atoms with Gasteiger partial charge in [0.25, 0.3) is 0 Å². The molecule has 0 aliphatic carbocycles. The smallest absolute Gasteiger partial charge is 0.326 e. The molecule has 0 fully saturated rings. The first-order valence-electron chi connectivity index (χ1n) is 13.1. The summed E-state index contributed by atoms with van der Waals surface area (Å²) < 4.78 is 0. The number of phenols is 1. The zero-order valence-electron chi connectivity index (χ0n) is 22.9. The van der Waals surface area contributed by atoms with Gasteiger partial charge < -0.3 is 48.3 Å². The molecule has 0 bridgehead atoms. The Morgan fingerprint density at radius 1 is 0.744 bits per heavy atom. The molecule has 3 aromatic rings. The van der Waals surface area contributed by atoms with Crippen LogP contribution in [0.25, 0.3) is 10.9 Å². The maximum Gasteiger partial charge on any atom is 0.326 e. The van der Waals surface area contributed by atoms with Crippen molar-refractivity contribution in [3.8, 4) is 5.75 Å². The van der Waals surface area contributed by atoms with E-state index in [9.17, 15) is 39.0 Å². The normalized spacial score (nSPS) is 13.7. The summed E-state index contributed by atoms with van der Waals surface area (Å²) in [5.74, 6) is -6.12. The number of aromatic amines is 1. The standard InChI is InChI=1S/C28H33N7O8/c29-18(9-14-5-7-16(36)8-6-14)25(39)33-21(11-23(30)37)27(41)34-20(26(40)35-22(28(42)43)12-24(31)38)10-15-13-32-19-4-2-1-3-17(15)19/h1-8,13,18,20-22,32,36H,9-12,29H2,(H2,30,37)(H2,31,38)(H,33,39)(H,34,41)(H,35,40)(H,42,43). The maximum atomic E-state index is 13.4. The highest BCUT2D eigenvalue weighted by Crippen LogP contribution is 2.19. The fourth-order valence-electron chi connectivity index (χ4n) is 4.34. The summed E-state index contributed by atoms with van der Waals surface area (Å²) in [6.45, 7) is 0. The molecule has 0 aliphatic heterocycles. The van der Waals surface area contributed by atoms with E-state index in [0.29, 0.717) is 11.1 Å². The highest BCUT2D eigenvalue weighted by molar-refractivity contribution is 5.97. The van der Waals surface area contributed by atoms with Gasteiger partial charge in [-0.15, -0.1) is 0 Å². The average molecular weight is 596 g/mol. The number of aromatic nitrogens is 1. The Kier molecular flexibility index (Phi) is 10.8. The monoisotopic (exact) mass is 595 g/mol. The number of carboxylic acids is 1. The number of nitrogens with one attached hydrogen (secondary N) is 4. The van der Waals surface area contributed by atoms with E-state index in [1.165, 1.54) is 12.1 Å². The van der Waals surface area contributed by atoms with Gasteiger partial charge in [-0.25, -0.2) is 4.79 Å². The predicted molar refractivity (Wildman–Crippen MR) is 153 cm³/mol. The second-order valence-electron chi connectivity index (χ2n) is 9.90. The first-order chi connectivity index (χ1) is 20.3. The minimum absolute atomic E-state index is 0.0236. The highest BCUT2D eigenvalue weighted by atomic mass is 16.4. The van der Waals surface area contributed by atoms with Crippen LogP contribution >= 0.6 is 0 Å². The number of amides is 5. The van der Waals surface area contributed by atoms with E-state index in [4.69, 9.17) is 17.2 Å². The number of aromatic hydroxyl groups is 1. The first-order valence-corrected chi connectivity index (χ1v) is 13.1. The number of hydrogen-bond donors (Lipinski definition) is 9. The number of phenolic OH excluding ortho intramolecular Hbond substituents is 1. The van der Waals surface area contributed by atoms with E-state index >= 15 is 0 Å². The molecule has 1 aromatic heterocycles. The minimum Gasteiger partial charge on any atom is -0.508 e. The summed E-state index contributed by atoms with van der Waals surface area (Å²) in [7, 11) is 0. The molecule has 3 rings (SSSR count). The van der Waals surface area contributed by atoms with E-state index in [1.807, 2.05) is 0 Å². The van der Waals surface area contributed by atoms with Crippen molar-refractivity contribution in [3.63, 3.8) is 0 Å². The zero-order valence-corrected chi connectivity index (χ0v) is 22.9. The molecule has 12 N–H and O–H groups in total. The van der Waals surface area contributed by atoms with Crippen LogP contribution in [-0.4, -0.2) is 74.9 Å². The molecule has 1 heterocycles. The lowest BCUT2D eigenvalue weighted by atomic mass is 10.0. The number of benzene rings is 2. The SMILES string of the molecule is NC(=O)CC(NC(=O)C(Cc1c[nH]c2ccccc12)NC(=O)C(CC(N)=O)NC(=O)C(N)Cc1ccc(O)cc1)C(=O)O. The lowest BCUT2D eigenvalue weighted by molar-refractivity contribution is -0.143. The topological polar surface area (TPSA) is 273 Å². The van der Waals surface area contributed by atoms with Gasteiger partial charge in [-0.3, -0.25) is 24.0 Å². The van der Waals surface area contributed by atoms with Crippen molar-refractivity contribution in [1.82, 2.24) is 20.9 Å². The number of carbonyl (C=O) groups excluding carboxylic acids is 5. The van der Waals surface area contributed by atoms with E-state index < -0.39 is 72.5 Å². The van der Waals surface area contributed by atoms with E-state index in [2.05, 4.69) is 20.9 Å². The maximum absolute atomic E-state index is 13.4. The van der Waals surface area contributed by atoms with Gasteiger partial charge in [0.1, 0.15) is 23.9 Å². The van der Waals surface area contributed by atoms with Crippen molar-refractivity contribution in [2.45, 2.75) is 49.9 Å². The molecule has 0 saturated carbocycles. The van der Waals surface area contributed by atoms with Crippen molar-refractivity contribution in [3.05, 3.63) is 65.9 Å². The quantitative estimate of drug-likeness (QED) is 0.0964. The van der Waals surface area contributed by atoms with E-state index in [0.717, 1.165) is 10.9 Å². The third-order valence-corrected chi connectivity index (χ3v) is 6.52. The van der Waals surface area contributed by atoms with Gasteiger partial charge in [-0.1, -0.05) is 30.3 Å². The number of aliphatic carboxylic acids is 1. The van der Waals surface area contributed by atoms with Crippen molar-refractivity contribution in [2.75, 3.05) is 0 Å². The average Bonchev–Trinajstić information content (AvgIpc) is 3.35. The number of carbonyl (C=O) groups is 6. The van der Waals surface area contributed by atoms with Gasteiger partial charge >= 0.3 is 5.97 Å². The predicted octanol–water partition coefficient (Wildman–Crippen LogP) is -1.72. The molecule has 0 radical (unpaired) electrons. The Hall–Kier alpha value is -5.44. The van der Waals surface area contributed by atoms with Gasteiger partial charge in [0.2, 0.25) is 29.5 Å². The molecule has 5 amide bonds. The molecule has 4 atom stereocenters. The molecule has 0 spiro atoms. The molecule has 43 heavy (non-hydrogen) atoms. The van der Waals surface area contributed by atoms with Crippen molar-refractivity contribution in [2.24, 2.45) is 17.2 Å². The molecule has 228 valence electrons. The number of nitrogens with two attached hydrogens (primary N) is 3. The Bertz CT molecular complexity index is 1500. The fraction of sp³-hybridized carbons (Fsp3) is 0.286. The molecule has 15 heteroatoms. The van der Waals surface area contributed by atoms with Crippen molar-refractivity contribution < 1.29 is 39.0 Å². The molecule has 2 aromatic carbocycles. The van der Waals surface area contributed by atoms with Crippen LogP contribution in [0.4, 0.5) is 0 Å². The van der Waals surface area contributed by atoms with Crippen LogP contribution in [-0.2, 0) is 41.6 Å². The number of hydrogen-bond acceptors (Lipinski definition) is 8. The van der Waals surface area contributed by atoms with Gasteiger partial charge in [-0.05, 0) is 35.7 Å². The number of rotatable bonds is 15. The van der Waals surface area contributed by atoms with Gasteiger partial charge in [0, 0.05) is 23.5 Å². The summed E-state index contributed by atoms with van der Waals surface area (Å²) in [6, 6.07) is 7.31. The number of carboxylic acid groups (broad SMARTS) is 1. The van der Waals surface area contributed by atoms with Crippen LogP contribution in [0.1, 0.15) is 24.0 Å². The Morgan fingerprint density at radius 2 is 1.30 bits per heavy atom.